The number of halogens is 1. The van der Waals surface area contributed by atoms with Gasteiger partial charge in [0.2, 0.25) is 0 Å². The quantitative estimate of drug-likeness (QED) is 0.429. The van der Waals surface area contributed by atoms with Crippen molar-refractivity contribution < 1.29 is 4.39 Å². The Kier molecular flexibility index (Phi) is 4.29. The largest absolute Gasteiger partial charge is 0.271 e. The summed E-state index contributed by atoms with van der Waals surface area (Å²) in [6.45, 7) is 3.62. The summed E-state index contributed by atoms with van der Waals surface area (Å²) in [5.41, 5.74) is 3.21. The SMILES string of the molecule is C=CCCC(NN)c1ccccc1F. The minimum Gasteiger partial charge on any atom is -0.271 e. The Morgan fingerprint density at radius 3 is 2.79 bits per heavy atom. The maximum absolute atomic E-state index is 13.3. The molecule has 1 rings (SSSR count). The van der Waals surface area contributed by atoms with Gasteiger partial charge in [-0.05, 0) is 18.9 Å². The second kappa shape index (κ2) is 5.52. The Morgan fingerprint density at radius 1 is 1.50 bits per heavy atom. The molecule has 0 saturated carbocycles. The number of nitrogens with one attached hydrogen (secondary N) is 1. The molecule has 14 heavy (non-hydrogen) atoms. The Balaban J connectivity index is 2.78. The minimum atomic E-state index is -0.223. The Labute approximate surface area is 83.6 Å². The van der Waals surface area contributed by atoms with Crippen molar-refractivity contribution in [3.8, 4) is 0 Å². The van der Waals surface area contributed by atoms with Gasteiger partial charge in [-0.25, -0.2) is 4.39 Å². The molecule has 2 nitrogen and oxygen atoms in total. The van der Waals surface area contributed by atoms with Gasteiger partial charge >= 0.3 is 0 Å². The second-order valence-corrected chi connectivity index (χ2v) is 3.11. The Hall–Kier alpha value is -1.19. The molecule has 0 heterocycles. The van der Waals surface area contributed by atoms with Crippen molar-refractivity contribution in [3.63, 3.8) is 0 Å². The fourth-order valence-corrected chi connectivity index (χ4v) is 1.37. The van der Waals surface area contributed by atoms with Crippen LogP contribution in [0.25, 0.3) is 0 Å². The third-order valence-corrected chi connectivity index (χ3v) is 2.14. The summed E-state index contributed by atoms with van der Waals surface area (Å²) < 4.78 is 13.3. The smallest absolute Gasteiger partial charge is 0.128 e. The molecule has 0 aromatic heterocycles. The molecule has 0 radical (unpaired) electrons. The molecule has 0 aliphatic heterocycles. The zero-order valence-corrected chi connectivity index (χ0v) is 8.04. The highest BCUT2D eigenvalue weighted by Gasteiger charge is 2.12. The van der Waals surface area contributed by atoms with Crippen LogP contribution in [0.5, 0.6) is 0 Å². The molecule has 1 aromatic carbocycles. The van der Waals surface area contributed by atoms with Crippen LogP contribution in [0, 0.1) is 5.82 Å². The van der Waals surface area contributed by atoms with E-state index < -0.39 is 0 Å². The molecule has 0 amide bonds. The molecule has 0 aliphatic rings. The number of allylic oxidation sites excluding steroid dienone is 1. The fourth-order valence-electron chi connectivity index (χ4n) is 1.37. The Morgan fingerprint density at radius 2 is 2.21 bits per heavy atom. The molecule has 1 unspecified atom stereocenters. The molecule has 1 atom stereocenters. The lowest BCUT2D eigenvalue weighted by Gasteiger charge is -2.15. The molecule has 0 spiro atoms. The van der Waals surface area contributed by atoms with Gasteiger partial charge in [-0.3, -0.25) is 11.3 Å². The van der Waals surface area contributed by atoms with Crippen molar-refractivity contribution in [1.82, 2.24) is 5.43 Å². The third kappa shape index (κ3) is 2.65. The lowest BCUT2D eigenvalue weighted by Crippen LogP contribution is -2.28. The maximum Gasteiger partial charge on any atom is 0.128 e. The van der Waals surface area contributed by atoms with Crippen molar-refractivity contribution in [2.75, 3.05) is 0 Å². The van der Waals surface area contributed by atoms with Crippen LogP contribution >= 0.6 is 0 Å². The van der Waals surface area contributed by atoms with Crippen molar-refractivity contribution in [2.45, 2.75) is 18.9 Å². The van der Waals surface area contributed by atoms with Crippen LogP contribution in [0.4, 0.5) is 4.39 Å². The fraction of sp³-hybridized carbons (Fsp3) is 0.273. The predicted molar refractivity (Wildman–Crippen MR) is 55.9 cm³/mol. The first-order valence-electron chi connectivity index (χ1n) is 4.61. The summed E-state index contributed by atoms with van der Waals surface area (Å²) in [5, 5.41) is 0. The second-order valence-electron chi connectivity index (χ2n) is 3.11. The number of benzene rings is 1. The van der Waals surface area contributed by atoms with Gasteiger partial charge in [0.15, 0.2) is 0 Å². The summed E-state index contributed by atoms with van der Waals surface area (Å²) in [7, 11) is 0. The molecule has 0 fully saturated rings. The highest BCUT2D eigenvalue weighted by Crippen LogP contribution is 2.20. The lowest BCUT2D eigenvalue weighted by atomic mass is 10.0. The van der Waals surface area contributed by atoms with E-state index in [9.17, 15) is 4.39 Å². The molecule has 3 heteroatoms. The van der Waals surface area contributed by atoms with Gasteiger partial charge < -0.3 is 0 Å². The number of hydrogen-bond acceptors (Lipinski definition) is 2. The monoisotopic (exact) mass is 194 g/mol. The topological polar surface area (TPSA) is 38.0 Å². The van der Waals surface area contributed by atoms with Crippen LogP contribution in [-0.4, -0.2) is 0 Å². The minimum absolute atomic E-state index is 0.144. The summed E-state index contributed by atoms with van der Waals surface area (Å²) >= 11 is 0. The van der Waals surface area contributed by atoms with E-state index >= 15 is 0 Å². The van der Waals surface area contributed by atoms with Gasteiger partial charge in [-0.15, -0.1) is 6.58 Å². The predicted octanol–water partition coefficient (Wildman–Crippen LogP) is 2.30. The molecule has 1 aromatic rings. The third-order valence-electron chi connectivity index (χ3n) is 2.14. The van der Waals surface area contributed by atoms with Crippen LogP contribution in [0.2, 0.25) is 0 Å². The van der Waals surface area contributed by atoms with E-state index in [1.54, 1.807) is 24.3 Å². The van der Waals surface area contributed by atoms with Gasteiger partial charge in [-0.2, -0.15) is 0 Å². The van der Waals surface area contributed by atoms with Crippen molar-refractivity contribution in [1.29, 1.82) is 0 Å². The first kappa shape index (κ1) is 10.9. The zero-order chi connectivity index (χ0) is 10.4. The average molecular weight is 194 g/mol. The molecule has 76 valence electrons. The van der Waals surface area contributed by atoms with Crippen molar-refractivity contribution >= 4 is 0 Å². The summed E-state index contributed by atoms with van der Waals surface area (Å²) in [6.07, 6.45) is 3.36. The molecular weight excluding hydrogens is 179 g/mol. The van der Waals surface area contributed by atoms with Gasteiger partial charge in [0.25, 0.3) is 0 Å². The van der Waals surface area contributed by atoms with Crippen LogP contribution in [0.15, 0.2) is 36.9 Å². The highest BCUT2D eigenvalue weighted by atomic mass is 19.1. The summed E-state index contributed by atoms with van der Waals surface area (Å²) in [5.74, 6) is 5.14. The molecule has 0 bridgehead atoms. The first-order valence-corrected chi connectivity index (χ1v) is 4.61. The van der Waals surface area contributed by atoms with Crippen LogP contribution < -0.4 is 11.3 Å². The molecule has 0 saturated heterocycles. The normalized spacial score (nSPS) is 12.4. The van der Waals surface area contributed by atoms with E-state index in [0.29, 0.717) is 5.56 Å². The van der Waals surface area contributed by atoms with Crippen LogP contribution in [0.1, 0.15) is 24.4 Å². The van der Waals surface area contributed by atoms with E-state index in [-0.39, 0.29) is 11.9 Å². The van der Waals surface area contributed by atoms with Crippen LogP contribution in [-0.2, 0) is 0 Å². The Bertz CT molecular complexity index is 299. The standard InChI is InChI=1S/C11H15FN2/c1-2-3-8-11(14-13)9-6-4-5-7-10(9)12/h2,4-7,11,14H,1,3,8,13H2. The van der Waals surface area contributed by atoms with E-state index in [1.807, 2.05) is 0 Å². The lowest BCUT2D eigenvalue weighted by molar-refractivity contribution is 0.489. The van der Waals surface area contributed by atoms with Gasteiger partial charge in [-0.1, -0.05) is 24.3 Å². The van der Waals surface area contributed by atoms with E-state index in [4.69, 9.17) is 5.84 Å². The molecular formula is C11H15FN2. The highest BCUT2D eigenvalue weighted by molar-refractivity contribution is 5.21. The van der Waals surface area contributed by atoms with Crippen molar-refractivity contribution in [2.24, 2.45) is 5.84 Å². The van der Waals surface area contributed by atoms with Crippen molar-refractivity contribution in [3.05, 3.63) is 48.3 Å². The van der Waals surface area contributed by atoms with Gasteiger partial charge in [0.1, 0.15) is 5.82 Å². The molecule has 0 aliphatic carbocycles. The molecule has 3 N–H and O–H groups in total. The first-order chi connectivity index (χ1) is 6.79. The maximum atomic E-state index is 13.3. The van der Waals surface area contributed by atoms with Gasteiger partial charge in [0.05, 0.1) is 0 Å². The van der Waals surface area contributed by atoms with Crippen LogP contribution in [0.3, 0.4) is 0 Å². The number of rotatable bonds is 5. The van der Waals surface area contributed by atoms with E-state index in [0.717, 1.165) is 12.8 Å². The summed E-state index contributed by atoms with van der Waals surface area (Å²) in [6, 6.07) is 6.50. The number of hydrazine groups is 1. The average Bonchev–Trinajstić information content (AvgIpc) is 2.21. The van der Waals surface area contributed by atoms with Gasteiger partial charge in [0, 0.05) is 11.6 Å². The number of nitrogens with two attached hydrogens (primary N) is 1. The number of hydrogen-bond donors (Lipinski definition) is 2. The van der Waals surface area contributed by atoms with E-state index in [2.05, 4.69) is 12.0 Å². The van der Waals surface area contributed by atoms with E-state index in [1.165, 1.54) is 6.07 Å². The summed E-state index contributed by atoms with van der Waals surface area (Å²) in [4.78, 5) is 0. The zero-order valence-electron chi connectivity index (χ0n) is 8.04.